The highest BCUT2D eigenvalue weighted by Gasteiger charge is 2.20. The summed E-state index contributed by atoms with van der Waals surface area (Å²) in [4.78, 5) is 25.9. The fourth-order valence-electron chi connectivity index (χ4n) is 1.96. The lowest BCUT2D eigenvalue weighted by Gasteiger charge is -2.12. The lowest BCUT2D eigenvalue weighted by atomic mass is 10.1. The lowest BCUT2D eigenvalue weighted by Crippen LogP contribution is -2.18. The molecule has 0 bridgehead atoms. The first kappa shape index (κ1) is 16.1. The number of rotatable bonds is 6. The number of H-pyrrole nitrogens is 1. The normalized spacial score (nSPS) is 10.5. The average molecular weight is 317 g/mol. The van der Waals surface area contributed by atoms with Gasteiger partial charge in [-0.3, -0.25) is 4.79 Å². The third kappa shape index (κ3) is 3.49. The highest BCUT2D eigenvalue weighted by atomic mass is 16.5. The van der Waals surface area contributed by atoms with E-state index in [2.05, 4.69) is 15.5 Å². The Morgan fingerprint density at radius 1 is 1.26 bits per heavy atom. The van der Waals surface area contributed by atoms with E-state index in [-0.39, 0.29) is 22.6 Å². The number of carboxylic acid groups (broad SMARTS) is 1. The molecule has 0 spiro atoms. The van der Waals surface area contributed by atoms with Crippen LogP contribution in [0.2, 0.25) is 0 Å². The number of hydrogen-bond acceptors (Lipinski definition) is 5. The summed E-state index contributed by atoms with van der Waals surface area (Å²) in [5, 5.41) is 13.1. The molecule has 2 aromatic rings. The number of hydrogen-bond donors (Lipinski definition) is 3. The summed E-state index contributed by atoms with van der Waals surface area (Å²) in [5.74, 6) is -1.27. The van der Waals surface area contributed by atoms with Gasteiger partial charge in [0.05, 0.1) is 20.4 Å². The zero-order valence-electron chi connectivity index (χ0n) is 12.5. The van der Waals surface area contributed by atoms with Crippen LogP contribution >= 0.6 is 0 Å². The van der Waals surface area contributed by atoms with Gasteiger partial charge in [0.2, 0.25) is 0 Å². The number of aromatic nitrogens is 1. The zero-order valence-corrected chi connectivity index (χ0v) is 12.5. The summed E-state index contributed by atoms with van der Waals surface area (Å²) in [6, 6.07) is 6.33. The maximum absolute atomic E-state index is 11.7. The molecule has 1 amide bonds. The van der Waals surface area contributed by atoms with Crippen molar-refractivity contribution in [3.63, 3.8) is 0 Å². The van der Waals surface area contributed by atoms with Crippen LogP contribution in [-0.2, 0) is 0 Å². The van der Waals surface area contributed by atoms with Gasteiger partial charge in [-0.1, -0.05) is 0 Å². The molecule has 0 saturated carbocycles. The number of carbonyl (C=O) groups excluding carboxylic acids is 1. The highest BCUT2D eigenvalue weighted by molar-refractivity contribution is 6.02. The Balaban J connectivity index is 2.27. The molecule has 0 atom stereocenters. The molecule has 8 heteroatoms. The number of nitrogens with zero attached hydrogens (tertiary/aromatic N) is 1. The van der Waals surface area contributed by atoms with E-state index < -0.39 is 11.9 Å². The van der Waals surface area contributed by atoms with Crippen LogP contribution in [-0.4, -0.2) is 42.4 Å². The number of nitrogens with one attached hydrogen (secondary N) is 2. The fourth-order valence-corrected chi connectivity index (χ4v) is 1.96. The molecular formula is C15H15N3O5. The fraction of sp³-hybridized carbons (Fsp3) is 0.133. The van der Waals surface area contributed by atoms with Crippen LogP contribution in [0.15, 0.2) is 35.6 Å². The number of aromatic amines is 1. The first-order chi connectivity index (χ1) is 11.1. The van der Waals surface area contributed by atoms with Crippen LogP contribution in [0.4, 0.5) is 0 Å². The van der Waals surface area contributed by atoms with Gasteiger partial charge in [-0.15, -0.1) is 0 Å². The smallest absolute Gasteiger partial charge is 0.340 e. The van der Waals surface area contributed by atoms with E-state index in [1.54, 1.807) is 24.4 Å². The first-order valence-electron chi connectivity index (χ1n) is 6.53. The minimum atomic E-state index is -1.20. The van der Waals surface area contributed by atoms with Crippen LogP contribution in [0.3, 0.4) is 0 Å². The predicted octanol–water partition coefficient (Wildman–Crippen LogP) is 1.49. The highest BCUT2D eigenvalue weighted by Crippen LogP contribution is 2.32. The van der Waals surface area contributed by atoms with E-state index in [1.807, 2.05) is 0 Å². The summed E-state index contributed by atoms with van der Waals surface area (Å²) < 4.78 is 10.2. The molecule has 1 heterocycles. The Morgan fingerprint density at radius 3 is 2.61 bits per heavy atom. The van der Waals surface area contributed by atoms with Gasteiger partial charge in [0.15, 0.2) is 11.5 Å². The van der Waals surface area contributed by atoms with E-state index in [9.17, 15) is 14.7 Å². The van der Waals surface area contributed by atoms with Crippen molar-refractivity contribution in [1.29, 1.82) is 0 Å². The number of methoxy groups -OCH3 is 2. The molecule has 0 aliphatic rings. The van der Waals surface area contributed by atoms with E-state index in [0.717, 1.165) is 0 Å². The van der Waals surface area contributed by atoms with E-state index in [0.29, 0.717) is 5.69 Å². The third-order valence-electron chi connectivity index (χ3n) is 3.00. The zero-order chi connectivity index (χ0) is 16.8. The number of aromatic carboxylic acids is 1. The van der Waals surface area contributed by atoms with Crippen LogP contribution < -0.4 is 14.9 Å². The Hall–Kier alpha value is -3.29. The molecule has 0 unspecified atom stereocenters. The Morgan fingerprint density at radius 2 is 2.04 bits per heavy atom. The summed E-state index contributed by atoms with van der Waals surface area (Å²) in [6.07, 6.45) is 2.84. The molecule has 0 aliphatic carbocycles. The number of ether oxygens (including phenoxy) is 2. The maximum atomic E-state index is 11.7. The number of carboxylic acids is 1. The maximum Gasteiger partial charge on any atom is 0.340 e. The molecule has 8 nitrogen and oxygen atoms in total. The molecule has 0 aliphatic heterocycles. The Bertz CT molecular complexity index is 738. The van der Waals surface area contributed by atoms with Crippen LogP contribution in [0.25, 0.3) is 0 Å². The first-order valence-corrected chi connectivity index (χ1v) is 6.53. The molecule has 3 N–H and O–H groups in total. The van der Waals surface area contributed by atoms with E-state index >= 15 is 0 Å². The van der Waals surface area contributed by atoms with Gasteiger partial charge in [0.1, 0.15) is 11.3 Å². The minimum Gasteiger partial charge on any atom is -0.493 e. The van der Waals surface area contributed by atoms with Gasteiger partial charge in [0, 0.05) is 11.8 Å². The van der Waals surface area contributed by atoms with Gasteiger partial charge in [0.25, 0.3) is 5.91 Å². The molecule has 120 valence electrons. The second-order valence-electron chi connectivity index (χ2n) is 4.35. The Labute approximate surface area is 131 Å². The lowest BCUT2D eigenvalue weighted by molar-refractivity contribution is 0.0692. The van der Waals surface area contributed by atoms with Crippen molar-refractivity contribution in [2.75, 3.05) is 14.2 Å². The summed E-state index contributed by atoms with van der Waals surface area (Å²) >= 11 is 0. The standard InChI is InChI=1S/C15H15N3O5/c1-22-11-6-5-9(12(15(20)21)13(11)23-2)8-17-18-14(19)10-4-3-7-16-10/h3-8,16H,1-2H3,(H,18,19)(H,20,21)/b17-8-. The Kier molecular flexibility index (Phi) is 4.98. The monoisotopic (exact) mass is 317 g/mol. The minimum absolute atomic E-state index is 0.0830. The molecule has 1 aromatic heterocycles. The number of carbonyl (C=O) groups is 2. The van der Waals surface area contributed by atoms with Crippen LogP contribution in [0, 0.1) is 0 Å². The van der Waals surface area contributed by atoms with Gasteiger partial charge in [-0.2, -0.15) is 5.10 Å². The van der Waals surface area contributed by atoms with Crippen LogP contribution in [0.1, 0.15) is 26.4 Å². The predicted molar refractivity (Wildman–Crippen MR) is 82.4 cm³/mol. The van der Waals surface area contributed by atoms with Gasteiger partial charge < -0.3 is 19.6 Å². The summed E-state index contributed by atoms with van der Waals surface area (Å²) in [7, 11) is 2.76. The van der Waals surface area contributed by atoms with Crippen molar-refractivity contribution in [2.45, 2.75) is 0 Å². The summed E-state index contributed by atoms with van der Waals surface area (Å²) in [6.45, 7) is 0. The van der Waals surface area contributed by atoms with Crippen molar-refractivity contribution in [2.24, 2.45) is 5.10 Å². The number of amides is 1. The van der Waals surface area contributed by atoms with E-state index in [1.165, 1.54) is 26.5 Å². The molecular weight excluding hydrogens is 302 g/mol. The van der Waals surface area contributed by atoms with Gasteiger partial charge in [-0.05, 0) is 24.3 Å². The molecule has 1 aromatic carbocycles. The average Bonchev–Trinajstić information content (AvgIpc) is 3.08. The number of hydrazone groups is 1. The van der Waals surface area contributed by atoms with Crippen molar-refractivity contribution in [1.82, 2.24) is 10.4 Å². The van der Waals surface area contributed by atoms with Crippen molar-refractivity contribution >= 4 is 18.1 Å². The molecule has 0 fully saturated rings. The SMILES string of the molecule is COc1ccc(/C=N\NC(=O)c2ccc[nH]2)c(C(=O)O)c1OC. The van der Waals surface area contributed by atoms with Gasteiger partial charge in [-0.25, -0.2) is 10.2 Å². The quantitative estimate of drug-likeness (QED) is 0.552. The summed E-state index contributed by atoms with van der Waals surface area (Å²) in [5.41, 5.74) is 2.80. The second-order valence-corrected chi connectivity index (χ2v) is 4.35. The van der Waals surface area contributed by atoms with Crippen molar-refractivity contribution < 1.29 is 24.2 Å². The molecule has 0 radical (unpaired) electrons. The number of benzene rings is 1. The second kappa shape index (κ2) is 7.12. The molecule has 2 rings (SSSR count). The van der Waals surface area contributed by atoms with Crippen molar-refractivity contribution in [3.8, 4) is 11.5 Å². The largest absolute Gasteiger partial charge is 0.493 e. The topological polar surface area (TPSA) is 113 Å². The van der Waals surface area contributed by atoms with Crippen LogP contribution in [0.5, 0.6) is 11.5 Å². The van der Waals surface area contributed by atoms with Gasteiger partial charge >= 0.3 is 5.97 Å². The molecule has 0 saturated heterocycles. The van der Waals surface area contributed by atoms with E-state index in [4.69, 9.17) is 9.47 Å². The molecule has 23 heavy (non-hydrogen) atoms. The van der Waals surface area contributed by atoms with Crippen molar-refractivity contribution in [3.05, 3.63) is 47.3 Å². The third-order valence-corrected chi connectivity index (χ3v) is 3.00.